The Labute approximate surface area is 258 Å². The summed E-state index contributed by atoms with van der Waals surface area (Å²) in [5, 5.41) is 11.6. The SMILES string of the molecule is CCOCCOCCOCCN(N)/C=C(\N)c1cccc(OC(=O)C2[C@@H](c3ccccc3)C(C(=O)O)[C@@H]2c2ccccc2)c1. The number of nitrogens with zero attached hydrogens (tertiary/aromatic N) is 1. The second-order valence-corrected chi connectivity index (χ2v) is 10.5. The lowest BCUT2D eigenvalue weighted by Gasteiger charge is -2.48. The third-order valence-corrected chi connectivity index (χ3v) is 7.61. The molecule has 1 aliphatic carbocycles. The molecule has 3 aromatic rings. The van der Waals surface area contributed by atoms with Crippen molar-refractivity contribution in [1.82, 2.24) is 5.01 Å². The van der Waals surface area contributed by atoms with Gasteiger partial charge >= 0.3 is 11.9 Å². The molecule has 0 aliphatic heterocycles. The van der Waals surface area contributed by atoms with Crippen molar-refractivity contribution in [2.75, 3.05) is 46.2 Å². The van der Waals surface area contributed by atoms with Crippen LogP contribution in [-0.2, 0) is 23.8 Å². The first-order chi connectivity index (χ1) is 21.4. The number of carbonyl (C=O) groups excluding carboxylic acids is 1. The molecule has 0 heterocycles. The van der Waals surface area contributed by atoms with Crippen LogP contribution < -0.4 is 16.3 Å². The number of hydrogen-bond acceptors (Lipinski definition) is 9. The average molecular weight is 604 g/mol. The Balaban J connectivity index is 1.40. The topological polar surface area (TPSA) is 147 Å². The van der Waals surface area contributed by atoms with Gasteiger partial charge in [0.2, 0.25) is 0 Å². The minimum Gasteiger partial charge on any atom is -0.481 e. The fourth-order valence-corrected chi connectivity index (χ4v) is 5.52. The number of ether oxygens (including phenoxy) is 4. The van der Waals surface area contributed by atoms with Crippen LogP contribution in [0.25, 0.3) is 5.70 Å². The van der Waals surface area contributed by atoms with E-state index in [2.05, 4.69) is 0 Å². The van der Waals surface area contributed by atoms with Crippen molar-refractivity contribution in [3.05, 3.63) is 108 Å². The molecule has 1 fully saturated rings. The van der Waals surface area contributed by atoms with Gasteiger partial charge in [0.15, 0.2) is 0 Å². The molecule has 0 saturated heterocycles. The second kappa shape index (κ2) is 16.6. The lowest BCUT2D eigenvalue weighted by atomic mass is 9.52. The molecule has 0 spiro atoms. The summed E-state index contributed by atoms with van der Waals surface area (Å²) in [6.45, 7) is 5.39. The summed E-state index contributed by atoms with van der Waals surface area (Å²) in [4.78, 5) is 26.2. The van der Waals surface area contributed by atoms with Crippen molar-refractivity contribution in [3.8, 4) is 5.75 Å². The molecular weight excluding hydrogens is 562 g/mol. The summed E-state index contributed by atoms with van der Waals surface area (Å²) in [5.74, 6) is 2.43. The van der Waals surface area contributed by atoms with E-state index in [4.69, 9.17) is 30.5 Å². The molecule has 10 heteroatoms. The largest absolute Gasteiger partial charge is 0.481 e. The summed E-state index contributed by atoms with van der Waals surface area (Å²) in [6.07, 6.45) is 1.59. The molecule has 234 valence electrons. The predicted molar refractivity (Wildman–Crippen MR) is 166 cm³/mol. The Hall–Kier alpha value is -4.22. The number of carboxylic acids is 1. The highest BCUT2D eigenvalue weighted by Crippen LogP contribution is 2.58. The van der Waals surface area contributed by atoms with Crippen LogP contribution in [-0.4, -0.2) is 68.2 Å². The quantitative estimate of drug-likeness (QED) is 0.0680. The van der Waals surface area contributed by atoms with E-state index in [-0.39, 0.29) is 0 Å². The maximum absolute atomic E-state index is 13.7. The third-order valence-electron chi connectivity index (χ3n) is 7.61. The molecule has 1 aliphatic rings. The molecular formula is C34H41N3O7. The number of carbonyl (C=O) groups is 2. The minimum atomic E-state index is -0.945. The van der Waals surface area contributed by atoms with Gasteiger partial charge in [-0.3, -0.25) is 9.59 Å². The molecule has 0 unspecified atom stereocenters. The zero-order chi connectivity index (χ0) is 31.3. The third kappa shape index (κ3) is 8.67. The van der Waals surface area contributed by atoms with Crippen LogP contribution in [0.3, 0.4) is 0 Å². The van der Waals surface area contributed by atoms with Crippen LogP contribution >= 0.6 is 0 Å². The number of hydrogen-bond donors (Lipinski definition) is 3. The Kier molecular flexibility index (Phi) is 12.3. The van der Waals surface area contributed by atoms with Crippen LogP contribution in [0.1, 0.15) is 35.4 Å². The molecule has 1 saturated carbocycles. The van der Waals surface area contributed by atoms with E-state index in [9.17, 15) is 14.7 Å². The molecule has 0 aromatic heterocycles. The standard InChI is InChI=1S/C34H41N3O7/c1-2-41-18-19-43-21-20-42-17-16-37(36)23-28(35)26-14-9-15-27(22-26)44-34(40)32-29(24-10-5-3-6-11-24)31(33(38)39)30(32)25-12-7-4-8-13-25/h3-15,22-23,29-32H,2,16-21,35-36H2,1H3,(H,38,39)/b28-23-/t29-,30-,31?,32?/m0/s1. The van der Waals surface area contributed by atoms with Gasteiger partial charge in [-0.1, -0.05) is 72.8 Å². The minimum absolute atomic E-state index is 0.303. The van der Waals surface area contributed by atoms with Crippen LogP contribution in [0.4, 0.5) is 0 Å². The number of nitrogens with two attached hydrogens (primary N) is 2. The van der Waals surface area contributed by atoms with Gasteiger partial charge in [-0.2, -0.15) is 0 Å². The van der Waals surface area contributed by atoms with Crippen molar-refractivity contribution >= 4 is 17.6 Å². The van der Waals surface area contributed by atoms with E-state index < -0.39 is 35.6 Å². The van der Waals surface area contributed by atoms with Crippen molar-refractivity contribution in [2.45, 2.75) is 18.8 Å². The smallest absolute Gasteiger partial charge is 0.315 e. The van der Waals surface area contributed by atoms with Gasteiger partial charge < -0.3 is 34.8 Å². The molecule has 2 atom stereocenters. The first-order valence-electron chi connectivity index (χ1n) is 14.8. The Morgan fingerprint density at radius 2 is 1.36 bits per heavy atom. The summed E-state index contributed by atoms with van der Waals surface area (Å²) >= 11 is 0. The molecule has 0 bridgehead atoms. The van der Waals surface area contributed by atoms with Gasteiger partial charge in [0.05, 0.1) is 57.1 Å². The molecule has 44 heavy (non-hydrogen) atoms. The van der Waals surface area contributed by atoms with E-state index in [1.165, 1.54) is 5.01 Å². The Morgan fingerprint density at radius 3 is 1.93 bits per heavy atom. The second-order valence-electron chi connectivity index (χ2n) is 10.5. The van der Waals surface area contributed by atoms with Gasteiger partial charge in [0, 0.05) is 30.2 Å². The summed E-state index contributed by atoms with van der Waals surface area (Å²) in [7, 11) is 0. The fraction of sp³-hybridized carbons (Fsp3) is 0.353. The van der Waals surface area contributed by atoms with Crippen molar-refractivity contribution < 1.29 is 33.6 Å². The number of aliphatic carboxylic acids is 1. The Bertz CT molecular complexity index is 1320. The van der Waals surface area contributed by atoms with Gasteiger partial charge in [0.25, 0.3) is 0 Å². The van der Waals surface area contributed by atoms with E-state index in [0.29, 0.717) is 63.2 Å². The number of hydrazine groups is 1. The molecule has 5 N–H and O–H groups in total. The normalized spacial score (nSPS) is 19.6. The van der Waals surface area contributed by atoms with Gasteiger partial charge in [-0.15, -0.1) is 0 Å². The number of carboxylic acid groups (broad SMARTS) is 1. The average Bonchev–Trinajstić information content (AvgIpc) is 3.00. The monoisotopic (exact) mass is 603 g/mol. The van der Waals surface area contributed by atoms with Crippen molar-refractivity contribution in [2.24, 2.45) is 23.4 Å². The summed E-state index contributed by atoms with van der Waals surface area (Å²) < 4.78 is 22.1. The summed E-state index contributed by atoms with van der Waals surface area (Å²) in [5.41, 5.74) is 8.88. The molecule has 4 rings (SSSR count). The first-order valence-corrected chi connectivity index (χ1v) is 14.8. The molecule has 10 nitrogen and oxygen atoms in total. The molecule has 0 radical (unpaired) electrons. The summed E-state index contributed by atoms with van der Waals surface area (Å²) in [6, 6.07) is 25.4. The lowest BCUT2D eigenvalue weighted by molar-refractivity contribution is -0.158. The Morgan fingerprint density at radius 1 is 0.795 bits per heavy atom. The highest BCUT2D eigenvalue weighted by atomic mass is 16.5. The zero-order valence-corrected chi connectivity index (χ0v) is 24.9. The molecule has 3 aromatic carbocycles. The van der Waals surface area contributed by atoms with Crippen molar-refractivity contribution in [1.29, 1.82) is 0 Å². The van der Waals surface area contributed by atoms with Crippen molar-refractivity contribution in [3.63, 3.8) is 0 Å². The fourth-order valence-electron chi connectivity index (χ4n) is 5.52. The lowest BCUT2D eigenvalue weighted by Crippen LogP contribution is -2.52. The number of rotatable bonds is 17. The maximum Gasteiger partial charge on any atom is 0.315 e. The van der Waals surface area contributed by atoms with E-state index in [1.807, 2.05) is 67.6 Å². The van der Waals surface area contributed by atoms with Gasteiger partial charge in [-0.25, -0.2) is 5.84 Å². The molecule has 0 amide bonds. The van der Waals surface area contributed by atoms with Gasteiger partial charge in [0.1, 0.15) is 5.75 Å². The number of esters is 1. The van der Waals surface area contributed by atoms with Crippen LogP contribution in [0.5, 0.6) is 5.75 Å². The predicted octanol–water partition coefficient (Wildman–Crippen LogP) is 3.99. The van der Waals surface area contributed by atoms with E-state index >= 15 is 0 Å². The number of benzene rings is 3. The highest BCUT2D eigenvalue weighted by Gasteiger charge is 2.59. The van der Waals surface area contributed by atoms with Crippen LogP contribution in [0, 0.1) is 11.8 Å². The first kappa shape index (κ1) is 32.7. The van der Waals surface area contributed by atoms with Gasteiger partial charge in [-0.05, 0) is 30.2 Å². The van der Waals surface area contributed by atoms with E-state index in [0.717, 1.165) is 11.1 Å². The highest BCUT2D eigenvalue weighted by molar-refractivity contribution is 5.85. The van der Waals surface area contributed by atoms with E-state index in [1.54, 1.807) is 30.5 Å². The zero-order valence-electron chi connectivity index (χ0n) is 24.9. The van der Waals surface area contributed by atoms with Crippen LogP contribution in [0.15, 0.2) is 91.1 Å². The van der Waals surface area contributed by atoms with Crippen LogP contribution in [0.2, 0.25) is 0 Å². The maximum atomic E-state index is 13.7.